The number of anilines is 1. The van der Waals surface area contributed by atoms with Gasteiger partial charge >= 0.3 is 0 Å². The zero-order valence-electron chi connectivity index (χ0n) is 9.68. The Morgan fingerprint density at radius 2 is 2.41 bits per heavy atom. The van der Waals surface area contributed by atoms with Crippen LogP contribution in [0.5, 0.6) is 0 Å². The molecular weight excluding hydrogens is 216 g/mol. The molecule has 88 valence electrons. The van der Waals surface area contributed by atoms with Crippen LogP contribution < -0.4 is 10.2 Å². The first-order valence-electron chi connectivity index (χ1n) is 5.64. The van der Waals surface area contributed by atoms with Crippen molar-refractivity contribution in [3.8, 4) is 6.07 Å². The molecule has 2 rings (SSSR count). The quantitative estimate of drug-likeness (QED) is 0.822. The predicted molar refractivity (Wildman–Crippen MR) is 63.3 cm³/mol. The fourth-order valence-electron chi connectivity index (χ4n) is 1.81. The fourth-order valence-corrected chi connectivity index (χ4v) is 1.81. The number of amides is 1. The number of nitrogens with zero attached hydrogens (tertiary/aromatic N) is 3. The van der Waals surface area contributed by atoms with Gasteiger partial charge in [0.05, 0.1) is 5.92 Å². The maximum atomic E-state index is 11.5. The Morgan fingerprint density at radius 3 is 3.06 bits per heavy atom. The second-order valence-electron chi connectivity index (χ2n) is 3.99. The van der Waals surface area contributed by atoms with E-state index < -0.39 is 0 Å². The lowest BCUT2D eigenvalue weighted by molar-refractivity contribution is -0.125. The van der Waals surface area contributed by atoms with Crippen molar-refractivity contribution in [2.45, 2.75) is 6.92 Å². The summed E-state index contributed by atoms with van der Waals surface area (Å²) in [5, 5.41) is 11.6. The van der Waals surface area contributed by atoms with Crippen molar-refractivity contribution < 1.29 is 4.79 Å². The van der Waals surface area contributed by atoms with Gasteiger partial charge in [0.25, 0.3) is 0 Å². The minimum absolute atomic E-state index is 0.0440. The van der Waals surface area contributed by atoms with E-state index in [1.54, 1.807) is 12.1 Å². The predicted octanol–water partition coefficient (Wildman–Crippen LogP) is 0.526. The molecular formula is C12H14N4O. The molecule has 5 nitrogen and oxygen atoms in total. The second-order valence-corrected chi connectivity index (χ2v) is 3.99. The number of aromatic nitrogens is 1. The Labute approximate surface area is 100 Å². The van der Waals surface area contributed by atoms with E-state index in [-0.39, 0.29) is 11.8 Å². The monoisotopic (exact) mass is 230 g/mol. The van der Waals surface area contributed by atoms with Crippen molar-refractivity contribution >= 4 is 11.7 Å². The number of hydrogen-bond donors (Lipinski definition) is 1. The molecule has 1 aromatic rings. The molecule has 5 heteroatoms. The Morgan fingerprint density at radius 1 is 1.65 bits per heavy atom. The van der Waals surface area contributed by atoms with E-state index in [1.807, 2.05) is 24.0 Å². The van der Waals surface area contributed by atoms with Crippen molar-refractivity contribution in [1.82, 2.24) is 10.3 Å². The highest BCUT2D eigenvalue weighted by Crippen LogP contribution is 2.22. The summed E-state index contributed by atoms with van der Waals surface area (Å²) >= 11 is 0. The van der Waals surface area contributed by atoms with Crippen LogP contribution in [0.4, 0.5) is 5.82 Å². The van der Waals surface area contributed by atoms with Crippen LogP contribution >= 0.6 is 0 Å². The van der Waals surface area contributed by atoms with Crippen molar-refractivity contribution in [2.75, 3.05) is 24.5 Å². The highest BCUT2D eigenvalue weighted by Gasteiger charge is 2.33. The van der Waals surface area contributed by atoms with E-state index in [0.29, 0.717) is 25.3 Å². The van der Waals surface area contributed by atoms with Crippen LogP contribution in [0.2, 0.25) is 0 Å². The van der Waals surface area contributed by atoms with Gasteiger partial charge in [0.1, 0.15) is 17.6 Å². The molecule has 17 heavy (non-hydrogen) atoms. The molecule has 0 saturated carbocycles. The summed E-state index contributed by atoms with van der Waals surface area (Å²) in [7, 11) is 0. The number of hydrogen-bond acceptors (Lipinski definition) is 4. The molecule has 1 N–H and O–H groups in total. The van der Waals surface area contributed by atoms with Gasteiger partial charge in [-0.3, -0.25) is 4.79 Å². The molecule has 1 amide bonds. The molecule has 0 atom stereocenters. The highest BCUT2D eigenvalue weighted by atomic mass is 16.2. The summed E-state index contributed by atoms with van der Waals surface area (Å²) in [6, 6.07) is 7.34. The van der Waals surface area contributed by atoms with Gasteiger partial charge in [0.15, 0.2) is 0 Å². The van der Waals surface area contributed by atoms with Crippen LogP contribution in [0.15, 0.2) is 18.2 Å². The number of carbonyl (C=O) groups excluding carboxylic acids is 1. The molecule has 1 aromatic heterocycles. The Balaban J connectivity index is 1.95. The first kappa shape index (κ1) is 11.4. The van der Waals surface area contributed by atoms with Crippen LogP contribution in [0.1, 0.15) is 12.6 Å². The summed E-state index contributed by atoms with van der Waals surface area (Å²) in [4.78, 5) is 17.7. The standard InChI is InChI=1S/C12H14N4O/c1-2-14-12(17)9-7-16(8-9)11-5-3-4-10(6-13)15-11/h3-5,9H,2,7-8H2,1H3,(H,14,17). The highest BCUT2D eigenvalue weighted by molar-refractivity contribution is 5.81. The number of nitriles is 1. The lowest BCUT2D eigenvalue weighted by Gasteiger charge is -2.39. The van der Waals surface area contributed by atoms with Gasteiger partial charge in [-0.05, 0) is 19.1 Å². The summed E-state index contributed by atoms with van der Waals surface area (Å²) in [5.41, 5.74) is 0.406. The maximum absolute atomic E-state index is 11.5. The number of carbonyl (C=O) groups is 1. The van der Waals surface area contributed by atoms with Gasteiger partial charge in [-0.2, -0.15) is 5.26 Å². The largest absolute Gasteiger partial charge is 0.356 e. The van der Waals surface area contributed by atoms with Gasteiger partial charge in [-0.15, -0.1) is 0 Å². The molecule has 0 spiro atoms. The minimum Gasteiger partial charge on any atom is -0.356 e. The van der Waals surface area contributed by atoms with Crippen molar-refractivity contribution in [3.05, 3.63) is 23.9 Å². The SMILES string of the molecule is CCNC(=O)C1CN(c2cccc(C#N)n2)C1. The third-order valence-corrected chi connectivity index (χ3v) is 2.78. The van der Waals surface area contributed by atoms with Crippen LogP contribution in [0, 0.1) is 17.2 Å². The number of pyridine rings is 1. The van der Waals surface area contributed by atoms with Crippen LogP contribution in [0.25, 0.3) is 0 Å². The molecule has 0 bridgehead atoms. The Hall–Kier alpha value is -2.09. The van der Waals surface area contributed by atoms with E-state index >= 15 is 0 Å². The zero-order chi connectivity index (χ0) is 12.3. The lowest BCUT2D eigenvalue weighted by Crippen LogP contribution is -2.54. The van der Waals surface area contributed by atoms with Crippen LogP contribution in [0.3, 0.4) is 0 Å². The fraction of sp³-hybridized carbons (Fsp3) is 0.417. The third-order valence-electron chi connectivity index (χ3n) is 2.78. The molecule has 1 aliphatic heterocycles. The molecule has 0 unspecified atom stereocenters. The average molecular weight is 230 g/mol. The van der Waals surface area contributed by atoms with Gasteiger partial charge in [-0.1, -0.05) is 6.07 Å². The molecule has 0 aliphatic carbocycles. The molecule has 0 radical (unpaired) electrons. The topological polar surface area (TPSA) is 69.0 Å². The van der Waals surface area contributed by atoms with E-state index in [1.165, 1.54) is 0 Å². The average Bonchev–Trinajstić information content (AvgIpc) is 2.28. The van der Waals surface area contributed by atoms with Crippen LogP contribution in [-0.2, 0) is 4.79 Å². The number of rotatable bonds is 3. The third kappa shape index (κ3) is 2.36. The summed E-state index contributed by atoms with van der Waals surface area (Å²) < 4.78 is 0. The first-order chi connectivity index (χ1) is 8.24. The smallest absolute Gasteiger partial charge is 0.226 e. The minimum atomic E-state index is 0.0440. The van der Waals surface area contributed by atoms with E-state index in [2.05, 4.69) is 10.3 Å². The second kappa shape index (κ2) is 4.83. The summed E-state index contributed by atoms with van der Waals surface area (Å²) in [6.07, 6.45) is 0. The van der Waals surface area contributed by atoms with Crippen LogP contribution in [-0.4, -0.2) is 30.5 Å². The van der Waals surface area contributed by atoms with E-state index in [9.17, 15) is 4.79 Å². The molecule has 1 fully saturated rings. The molecule has 0 aromatic carbocycles. The molecule has 1 aliphatic rings. The summed E-state index contributed by atoms with van der Waals surface area (Å²) in [5.74, 6) is 0.910. The summed E-state index contributed by atoms with van der Waals surface area (Å²) in [6.45, 7) is 3.92. The molecule has 1 saturated heterocycles. The normalized spacial score (nSPS) is 14.9. The maximum Gasteiger partial charge on any atom is 0.226 e. The lowest BCUT2D eigenvalue weighted by atomic mass is 9.99. The Bertz CT molecular complexity index is 460. The van der Waals surface area contributed by atoms with E-state index in [4.69, 9.17) is 5.26 Å². The van der Waals surface area contributed by atoms with Gasteiger partial charge in [-0.25, -0.2) is 4.98 Å². The number of nitrogens with one attached hydrogen (secondary N) is 1. The van der Waals surface area contributed by atoms with Gasteiger partial charge < -0.3 is 10.2 Å². The van der Waals surface area contributed by atoms with Crippen molar-refractivity contribution in [1.29, 1.82) is 5.26 Å². The van der Waals surface area contributed by atoms with Crippen molar-refractivity contribution in [2.24, 2.45) is 5.92 Å². The van der Waals surface area contributed by atoms with Gasteiger partial charge in [0, 0.05) is 19.6 Å². The van der Waals surface area contributed by atoms with E-state index in [0.717, 1.165) is 5.82 Å². The van der Waals surface area contributed by atoms with Crippen molar-refractivity contribution in [3.63, 3.8) is 0 Å². The Kier molecular flexibility index (Phi) is 3.24. The first-order valence-corrected chi connectivity index (χ1v) is 5.64. The molecule has 2 heterocycles. The zero-order valence-corrected chi connectivity index (χ0v) is 9.68. The van der Waals surface area contributed by atoms with Gasteiger partial charge in [0.2, 0.25) is 5.91 Å².